The van der Waals surface area contributed by atoms with Crippen LogP contribution in [0.2, 0.25) is 10.0 Å². The van der Waals surface area contributed by atoms with Gasteiger partial charge in [-0.15, -0.1) is 11.3 Å². The molecular formula is C15H18Cl2N2S. The lowest BCUT2D eigenvalue weighted by Gasteiger charge is -2.17. The van der Waals surface area contributed by atoms with E-state index >= 15 is 0 Å². The third-order valence-corrected chi connectivity index (χ3v) is 4.74. The molecule has 1 aromatic heterocycles. The monoisotopic (exact) mass is 328 g/mol. The van der Waals surface area contributed by atoms with Gasteiger partial charge in [-0.05, 0) is 37.9 Å². The quantitative estimate of drug-likeness (QED) is 0.803. The average molecular weight is 329 g/mol. The van der Waals surface area contributed by atoms with Crippen molar-refractivity contribution in [2.45, 2.75) is 32.7 Å². The van der Waals surface area contributed by atoms with Gasteiger partial charge in [-0.3, -0.25) is 0 Å². The van der Waals surface area contributed by atoms with E-state index in [-0.39, 0.29) is 6.04 Å². The Bertz CT molecular complexity index is 569. The molecule has 2 nitrogen and oxygen atoms in total. The van der Waals surface area contributed by atoms with Crippen molar-refractivity contribution in [1.82, 2.24) is 10.3 Å². The highest BCUT2D eigenvalue weighted by Crippen LogP contribution is 2.29. The summed E-state index contributed by atoms with van der Waals surface area (Å²) < 4.78 is 0. The number of hydrogen-bond acceptors (Lipinski definition) is 3. The summed E-state index contributed by atoms with van der Waals surface area (Å²) in [6.07, 6.45) is 1.88. The second-order valence-electron chi connectivity index (χ2n) is 4.72. The fourth-order valence-electron chi connectivity index (χ4n) is 2.07. The van der Waals surface area contributed by atoms with Crippen LogP contribution >= 0.6 is 34.5 Å². The SMILES string of the molecule is CCCNC(Cc1cccc(Cl)c1Cl)c1csc(C)n1. The van der Waals surface area contributed by atoms with Crippen LogP contribution in [0.4, 0.5) is 0 Å². The summed E-state index contributed by atoms with van der Waals surface area (Å²) in [6.45, 7) is 5.14. The third kappa shape index (κ3) is 3.95. The van der Waals surface area contributed by atoms with E-state index in [1.165, 1.54) is 0 Å². The third-order valence-electron chi connectivity index (χ3n) is 3.09. The first-order chi connectivity index (χ1) is 9.61. The van der Waals surface area contributed by atoms with Gasteiger partial charge in [0.1, 0.15) is 0 Å². The number of aryl methyl sites for hydroxylation is 1. The van der Waals surface area contributed by atoms with Crippen LogP contribution in [0, 0.1) is 6.92 Å². The summed E-state index contributed by atoms with van der Waals surface area (Å²) in [5, 5.41) is 7.98. The lowest BCUT2D eigenvalue weighted by molar-refractivity contribution is 0.519. The summed E-state index contributed by atoms with van der Waals surface area (Å²) in [4.78, 5) is 4.59. The predicted octanol–water partition coefficient (Wildman–Crippen LogP) is 5.04. The molecule has 0 saturated carbocycles. The van der Waals surface area contributed by atoms with Crippen molar-refractivity contribution in [1.29, 1.82) is 0 Å². The number of benzene rings is 1. The van der Waals surface area contributed by atoms with E-state index in [1.807, 2.05) is 25.1 Å². The van der Waals surface area contributed by atoms with Crippen molar-refractivity contribution in [3.05, 3.63) is 49.9 Å². The largest absolute Gasteiger partial charge is 0.308 e. The van der Waals surface area contributed by atoms with Crippen LogP contribution in [0.3, 0.4) is 0 Å². The number of nitrogens with zero attached hydrogens (tertiary/aromatic N) is 1. The molecule has 0 aliphatic heterocycles. The zero-order valence-corrected chi connectivity index (χ0v) is 13.9. The predicted molar refractivity (Wildman–Crippen MR) is 88.1 cm³/mol. The van der Waals surface area contributed by atoms with Crippen molar-refractivity contribution in [2.24, 2.45) is 0 Å². The Balaban J connectivity index is 2.21. The van der Waals surface area contributed by atoms with Crippen molar-refractivity contribution >= 4 is 34.5 Å². The Hall–Kier alpha value is -0.610. The molecule has 1 atom stereocenters. The molecule has 5 heteroatoms. The van der Waals surface area contributed by atoms with E-state index in [1.54, 1.807) is 11.3 Å². The minimum Gasteiger partial charge on any atom is -0.308 e. The molecule has 2 aromatic rings. The van der Waals surface area contributed by atoms with Crippen LogP contribution < -0.4 is 5.32 Å². The Kier molecular flexibility index (Phi) is 5.85. The van der Waals surface area contributed by atoms with E-state index in [2.05, 4.69) is 22.6 Å². The van der Waals surface area contributed by atoms with Gasteiger partial charge < -0.3 is 5.32 Å². The normalized spacial score (nSPS) is 12.6. The molecule has 0 aliphatic rings. The molecule has 1 heterocycles. The minimum absolute atomic E-state index is 0.177. The van der Waals surface area contributed by atoms with E-state index in [4.69, 9.17) is 23.2 Å². The topological polar surface area (TPSA) is 24.9 Å². The van der Waals surface area contributed by atoms with Gasteiger partial charge in [-0.1, -0.05) is 42.3 Å². The molecule has 0 radical (unpaired) electrons. The van der Waals surface area contributed by atoms with E-state index in [9.17, 15) is 0 Å². The molecular weight excluding hydrogens is 311 g/mol. The molecule has 20 heavy (non-hydrogen) atoms. The first-order valence-corrected chi connectivity index (χ1v) is 8.33. The highest BCUT2D eigenvalue weighted by atomic mass is 35.5. The molecule has 1 aromatic carbocycles. The minimum atomic E-state index is 0.177. The second-order valence-corrected chi connectivity index (χ2v) is 6.56. The van der Waals surface area contributed by atoms with Crippen molar-refractivity contribution in [3.63, 3.8) is 0 Å². The first-order valence-electron chi connectivity index (χ1n) is 6.70. The Morgan fingerprint density at radius 2 is 2.15 bits per heavy atom. The Morgan fingerprint density at radius 3 is 2.80 bits per heavy atom. The van der Waals surface area contributed by atoms with E-state index in [0.29, 0.717) is 10.0 Å². The molecule has 0 amide bonds. The van der Waals surface area contributed by atoms with Crippen molar-refractivity contribution < 1.29 is 0 Å². The molecule has 0 saturated heterocycles. The molecule has 2 rings (SSSR count). The van der Waals surface area contributed by atoms with Crippen molar-refractivity contribution in [3.8, 4) is 0 Å². The first kappa shape index (κ1) is 15.8. The molecule has 1 unspecified atom stereocenters. The van der Waals surface area contributed by atoms with Crippen LogP contribution in [-0.4, -0.2) is 11.5 Å². The van der Waals surface area contributed by atoms with Crippen LogP contribution in [0.5, 0.6) is 0 Å². The standard InChI is InChI=1S/C15H18Cl2N2S/c1-3-7-18-13(14-9-20-10(2)19-14)8-11-5-4-6-12(16)15(11)17/h4-6,9,13,18H,3,7-8H2,1-2H3. The zero-order chi connectivity index (χ0) is 14.5. The molecule has 0 fully saturated rings. The average Bonchev–Trinajstić information content (AvgIpc) is 2.86. The van der Waals surface area contributed by atoms with Gasteiger partial charge in [0.05, 0.1) is 26.8 Å². The lowest BCUT2D eigenvalue weighted by atomic mass is 10.0. The van der Waals surface area contributed by atoms with Gasteiger partial charge in [0, 0.05) is 5.38 Å². The highest BCUT2D eigenvalue weighted by Gasteiger charge is 2.16. The summed E-state index contributed by atoms with van der Waals surface area (Å²) in [7, 11) is 0. The molecule has 0 bridgehead atoms. The number of thiazole rings is 1. The maximum atomic E-state index is 6.29. The Morgan fingerprint density at radius 1 is 1.35 bits per heavy atom. The lowest BCUT2D eigenvalue weighted by Crippen LogP contribution is -2.24. The van der Waals surface area contributed by atoms with E-state index in [0.717, 1.165) is 35.7 Å². The molecule has 1 N–H and O–H groups in total. The fraction of sp³-hybridized carbons (Fsp3) is 0.400. The van der Waals surface area contributed by atoms with Gasteiger partial charge >= 0.3 is 0 Å². The smallest absolute Gasteiger partial charge is 0.0898 e. The number of hydrogen-bond donors (Lipinski definition) is 1. The van der Waals surface area contributed by atoms with Crippen LogP contribution in [0.15, 0.2) is 23.6 Å². The molecule has 0 aliphatic carbocycles. The summed E-state index contributed by atoms with van der Waals surface area (Å²) in [5.41, 5.74) is 2.13. The number of rotatable bonds is 6. The van der Waals surface area contributed by atoms with Crippen LogP contribution in [0.25, 0.3) is 0 Å². The van der Waals surface area contributed by atoms with Gasteiger partial charge in [-0.25, -0.2) is 4.98 Å². The van der Waals surface area contributed by atoms with Gasteiger partial charge in [0.25, 0.3) is 0 Å². The van der Waals surface area contributed by atoms with Gasteiger partial charge in [0.2, 0.25) is 0 Å². The number of aromatic nitrogens is 1. The summed E-state index contributed by atoms with van der Waals surface area (Å²) in [5.74, 6) is 0. The second kappa shape index (κ2) is 7.41. The maximum Gasteiger partial charge on any atom is 0.0898 e. The summed E-state index contributed by atoms with van der Waals surface area (Å²) in [6, 6.07) is 5.95. The zero-order valence-electron chi connectivity index (χ0n) is 11.6. The molecule has 108 valence electrons. The Labute approximate surface area is 134 Å². The summed E-state index contributed by atoms with van der Waals surface area (Å²) >= 11 is 14.0. The van der Waals surface area contributed by atoms with Crippen molar-refractivity contribution in [2.75, 3.05) is 6.54 Å². The highest BCUT2D eigenvalue weighted by molar-refractivity contribution is 7.09. The fourth-order valence-corrected chi connectivity index (χ4v) is 3.13. The molecule has 0 spiro atoms. The van der Waals surface area contributed by atoms with E-state index < -0.39 is 0 Å². The van der Waals surface area contributed by atoms with Crippen LogP contribution in [-0.2, 0) is 6.42 Å². The maximum absolute atomic E-state index is 6.29. The van der Waals surface area contributed by atoms with Gasteiger partial charge in [-0.2, -0.15) is 0 Å². The van der Waals surface area contributed by atoms with Crippen LogP contribution in [0.1, 0.15) is 35.7 Å². The van der Waals surface area contributed by atoms with Gasteiger partial charge in [0.15, 0.2) is 0 Å². The number of nitrogens with one attached hydrogen (secondary N) is 1. The number of halogens is 2.